The molecule has 0 aromatic carbocycles. The molecular formula is C10H16N4O2. The lowest BCUT2D eigenvalue weighted by molar-refractivity contribution is -0.147. The molecule has 1 aliphatic carbocycles. The van der Waals surface area contributed by atoms with Crippen LogP contribution in [0.1, 0.15) is 38.9 Å². The quantitative estimate of drug-likeness (QED) is 0.819. The molecule has 1 saturated carbocycles. The van der Waals surface area contributed by atoms with E-state index >= 15 is 0 Å². The molecule has 0 saturated heterocycles. The van der Waals surface area contributed by atoms with Crippen LogP contribution < -0.4 is 0 Å². The molecule has 1 fully saturated rings. The van der Waals surface area contributed by atoms with Gasteiger partial charge in [-0.2, -0.15) is 4.80 Å². The SMILES string of the molecule is CC(C)Cn1nnc(C2(C(=O)O)CCC2)n1. The molecule has 1 heterocycles. The molecule has 0 radical (unpaired) electrons. The maximum Gasteiger partial charge on any atom is 0.317 e. The lowest BCUT2D eigenvalue weighted by Gasteiger charge is -2.34. The molecule has 0 atom stereocenters. The second-order valence-corrected chi connectivity index (χ2v) is 4.80. The van der Waals surface area contributed by atoms with Crippen LogP contribution in [0.25, 0.3) is 0 Å². The van der Waals surface area contributed by atoms with Crippen LogP contribution in [0, 0.1) is 5.92 Å². The maximum absolute atomic E-state index is 11.2. The van der Waals surface area contributed by atoms with Gasteiger partial charge in [-0.1, -0.05) is 20.3 Å². The topological polar surface area (TPSA) is 80.9 Å². The highest BCUT2D eigenvalue weighted by Crippen LogP contribution is 2.41. The zero-order valence-corrected chi connectivity index (χ0v) is 9.55. The first-order valence-electron chi connectivity index (χ1n) is 5.56. The van der Waals surface area contributed by atoms with Crippen LogP contribution in [-0.2, 0) is 16.8 Å². The molecule has 1 N–H and O–H groups in total. The van der Waals surface area contributed by atoms with Crippen LogP contribution in [-0.4, -0.2) is 31.3 Å². The number of aromatic nitrogens is 4. The third-order valence-electron chi connectivity index (χ3n) is 3.03. The minimum Gasteiger partial charge on any atom is -0.480 e. The van der Waals surface area contributed by atoms with Crippen molar-refractivity contribution in [1.82, 2.24) is 20.2 Å². The number of carboxylic acid groups (broad SMARTS) is 1. The zero-order chi connectivity index (χ0) is 11.8. The van der Waals surface area contributed by atoms with Gasteiger partial charge in [0.25, 0.3) is 0 Å². The summed E-state index contributed by atoms with van der Waals surface area (Å²) in [7, 11) is 0. The molecule has 1 aromatic heterocycles. The maximum atomic E-state index is 11.2. The van der Waals surface area contributed by atoms with Crippen LogP contribution in [0.4, 0.5) is 0 Å². The smallest absolute Gasteiger partial charge is 0.317 e. The molecule has 0 unspecified atom stereocenters. The summed E-state index contributed by atoms with van der Waals surface area (Å²) in [5.74, 6) is -0.0426. The van der Waals surface area contributed by atoms with E-state index in [9.17, 15) is 9.90 Å². The monoisotopic (exact) mass is 224 g/mol. The number of carboxylic acids is 1. The summed E-state index contributed by atoms with van der Waals surface area (Å²) in [6.07, 6.45) is 2.16. The summed E-state index contributed by atoms with van der Waals surface area (Å²) in [4.78, 5) is 12.7. The van der Waals surface area contributed by atoms with Crippen molar-refractivity contribution in [3.8, 4) is 0 Å². The van der Waals surface area contributed by atoms with Crippen LogP contribution >= 0.6 is 0 Å². The Labute approximate surface area is 93.6 Å². The van der Waals surface area contributed by atoms with E-state index in [2.05, 4.69) is 29.3 Å². The van der Waals surface area contributed by atoms with Crippen molar-refractivity contribution in [3.05, 3.63) is 5.82 Å². The Morgan fingerprint density at radius 2 is 2.25 bits per heavy atom. The average Bonchev–Trinajstić information content (AvgIpc) is 2.49. The van der Waals surface area contributed by atoms with Crippen molar-refractivity contribution in [3.63, 3.8) is 0 Å². The third-order valence-corrected chi connectivity index (χ3v) is 3.03. The highest BCUT2D eigenvalue weighted by Gasteiger charge is 2.49. The largest absolute Gasteiger partial charge is 0.480 e. The van der Waals surface area contributed by atoms with Gasteiger partial charge < -0.3 is 5.11 Å². The molecule has 0 aliphatic heterocycles. The first-order valence-corrected chi connectivity index (χ1v) is 5.56. The van der Waals surface area contributed by atoms with Gasteiger partial charge in [-0.05, 0) is 24.0 Å². The van der Waals surface area contributed by atoms with E-state index in [1.54, 1.807) is 0 Å². The van der Waals surface area contributed by atoms with Gasteiger partial charge in [0.2, 0.25) is 0 Å². The first kappa shape index (κ1) is 11.0. The van der Waals surface area contributed by atoms with Crippen LogP contribution in [0.3, 0.4) is 0 Å². The minimum atomic E-state index is -0.866. The van der Waals surface area contributed by atoms with Gasteiger partial charge in [-0.25, -0.2) is 0 Å². The van der Waals surface area contributed by atoms with Crippen molar-refractivity contribution in [2.45, 2.75) is 45.1 Å². The van der Waals surface area contributed by atoms with Crippen molar-refractivity contribution in [2.75, 3.05) is 0 Å². The summed E-state index contributed by atoms with van der Waals surface area (Å²) in [6.45, 7) is 4.78. The number of tetrazole rings is 1. The number of hydrogen-bond acceptors (Lipinski definition) is 4. The molecular weight excluding hydrogens is 208 g/mol. The summed E-state index contributed by atoms with van der Waals surface area (Å²) < 4.78 is 0. The fourth-order valence-electron chi connectivity index (χ4n) is 1.90. The molecule has 2 rings (SSSR count). The molecule has 16 heavy (non-hydrogen) atoms. The fraction of sp³-hybridized carbons (Fsp3) is 0.800. The predicted molar refractivity (Wildman–Crippen MR) is 55.8 cm³/mol. The summed E-state index contributed by atoms with van der Waals surface area (Å²) in [5, 5.41) is 21.2. The third kappa shape index (κ3) is 1.68. The van der Waals surface area contributed by atoms with E-state index < -0.39 is 11.4 Å². The number of rotatable bonds is 4. The average molecular weight is 224 g/mol. The van der Waals surface area contributed by atoms with Crippen molar-refractivity contribution >= 4 is 5.97 Å². The van der Waals surface area contributed by atoms with E-state index in [1.807, 2.05) is 0 Å². The predicted octanol–water partition coefficient (Wildman–Crippen LogP) is 0.835. The molecule has 1 aromatic rings. The second kappa shape index (κ2) is 3.84. The Hall–Kier alpha value is -1.46. The van der Waals surface area contributed by atoms with E-state index in [4.69, 9.17) is 0 Å². The van der Waals surface area contributed by atoms with Gasteiger partial charge >= 0.3 is 5.97 Å². The Kier molecular flexibility index (Phi) is 2.65. The minimum absolute atomic E-state index is 0.367. The summed E-state index contributed by atoms with van der Waals surface area (Å²) in [5.41, 5.74) is -0.866. The molecule has 0 spiro atoms. The standard InChI is InChI=1S/C10H16N4O2/c1-7(2)6-14-12-8(11-13-14)10(9(15)16)4-3-5-10/h7H,3-6H2,1-2H3,(H,15,16). The van der Waals surface area contributed by atoms with Crippen LogP contribution in [0.5, 0.6) is 0 Å². The van der Waals surface area contributed by atoms with E-state index in [0.717, 1.165) is 6.42 Å². The normalized spacial score (nSPS) is 18.4. The number of nitrogens with zero attached hydrogens (tertiary/aromatic N) is 4. The highest BCUT2D eigenvalue weighted by atomic mass is 16.4. The Morgan fingerprint density at radius 1 is 1.56 bits per heavy atom. The van der Waals surface area contributed by atoms with Crippen molar-refractivity contribution in [1.29, 1.82) is 0 Å². The summed E-state index contributed by atoms with van der Waals surface area (Å²) in [6, 6.07) is 0. The lowest BCUT2D eigenvalue weighted by atomic mass is 9.68. The molecule has 1 aliphatic rings. The first-order chi connectivity index (χ1) is 7.54. The summed E-state index contributed by atoms with van der Waals surface area (Å²) >= 11 is 0. The molecule has 0 amide bonds. The Bertz CT molecular complexity index is 395. The van der Waals surface area contributed by atoms with Gasteiger partial charge in [-0.15, -0.1) is 10.2 Å². The van der Waals surface area contributed by atoms with Gasteiger partial charge in [0.05, 0.1) is 6.54 Å². The zero-order valence-electron chi connectivity index (χ0n) is 9.55. The Balaban J connectivity index is 2.20. The number of carbonyl (C=O) groups is 1. The van der Waals surface area contributed by atoms with E-state index in [0.29, 0.717) is 31.1 Å². The Morgan fingerprint density at radius 3 is 2.69 bits per heavy atom. The van der Waals surface area contributed by atoms with Crippen molar-refractivity contribution < 1.29 is 9.90 Å². The molecule has 6 heteroatoms. The number of hydrogen-bond donors (Lipinski definition) is 1. The van der Waals surface area contributed by atoms with Gasteiger partial charge in [0.15, 0.2) is 5.82 Å². The van der Waals surface area contributed by atoms with E-state index in [1.165, 1.54) is 4.80 Å². The highest BCUT2D eigenvalue weighted by molar-refractivity contribution is 5.81. The van der Waals surface area contributed by atoms with Crippen LogP contribution in [0.15, 0.2) is 0 Å². The lowest BCUT2D eigenvalue weighted by Crippen LogP contribution is -2.43. The molecule has 0 bridgehead atoms. The van der Waals surface area contributed by atoms with Gasteiger partial charge in [-0.3, -0.25) is 4.79 Å². The van der Waals surface area contributed by atoms with Crippen molar-refractivity contribution in [2.24, 2.45) is 5.92 Å². The molecule has 88 valence electrons. The van der Waals surface area contributed by atoms with Crippen LogP contribution in [0.2, 0.25) is 0 Å². The number of aliphatic carboxylic acids is 1. The fourth-order valence-corrected chi connectivity index (χ4v) is 1.90. The van der Waals surface area contributed by atoms with Gasteiger partial charge in [0, 0.05) is 0 Å². The van der Waals surface area contributed by atoms with Gasteiger partial charge in [0.1, 0.15) is 5.41 Å². The molecule has 6 nitrogen and oxygen atoms in total. The second-order valence-electron chi connectivity index (χ2n) is 4.80. The van der Waals surface area contributed by atoms with E-state index in [-0.39, 0.29) is 0 Å².